The molecule has 8 nitrogen and oxygen atoms in total. The molecule has 0 atom stereocenters. The number of amides is 4. The van der Waals surface area contributed by atoms with Crippen molar-refractivity contribution < 1.29 is 28.7 Å². The van der Waals surface area contributed by atoms with Gasteiger partial charge in [-0.15, -0.1) is 0 Å². The number of unbranched alkanes of at least 4 members (excludes halogenated alkanes) is 2. The van der Waals surface area contributed by atoms with Gasteiger partial charge in [-0.3, -0.25) is 19.7 Å². The number of hydroxylamine groups is 1. The first-order valence-corrected chi connectivity index (χ1v) is 8.07. The van der Waals surface area contributed by atoms with Crippen LogP contribution in [0.5, 0.6) is 5.75 Å². The zero-order chi connectivity index (χ0) is 19.1. The van der Waals surface area contributed by atoms with Crippen molar-refractivity contribution in [2.24, 2.45) is 0 Å². The molecule has 1 aliphatic rings. The van der Waals surface area contributed by atoms with E-state index < -0.39 is 23.7 Å². The lowest BCUT2D eigenvalue weighted by Crippen LogP contribution is -2.31. The summed E-state index contributed by atoms with van der Waals surface area (Å²) in [7, 11) is 1.38. The van der Waals surface area contributed by atoms with Crippen LogP contribution in [-0.4, -0.2) is 41.6 Å². The van der Waals surface area contributed by atoms with Crippen molar-refractivity contribution in [3.05, 3.63) is 35.3 Å². The molecule has 0 saturated carbocycles. The highest BCUT2D eigenvalue weighted by atomic mass is 19.1. The van der Waals surface area contributed by atoms with Crippen LogP contribution in [-0.2, 0) is 9.59 Å². The number of rotatable bonds is 8. The quantitative estimate of drug-likeness (QED) is 0.214. The zero-order valence-electron chi connectivity index (χ0n) is 14.3. The fraction of sp³-hybridized carbons (Fsp3) is 0.353. The molecule has 26 heavy (non-hydrogen) atoms. The Morgan fingerprint density at radius 1 is 1.35 bits per heavy atom. The van der Waals surface area contributed by atoms with Crippen LogP contribution in [0.2, 0.25) is 0 Å². The topological polar surface area (TPSA) is 108 Å². The lowest BCUT2D eigenvalue weighted by molar-refractivity contribution is -0.129. The van der Waals surface area contributed by atoms with E-state index in [9.17, 15) is 18.8 Å². The smallest absolute Gasteiger partial charge is 0.329 e. The molecular formula is C17H20FN3O5. The van der Waals surface area contributed by atoms with Gasteiger partial charge in [0.25, 0.3) is 5.91 Å². The van der Waals surface area contributed by atoms with E-state index in [-0.39, 0.29) is 24.4 Å². The Kier molecular flexibility index (Phi) is 6.67. The second-order valence-corrected chi connectivity index (χ2v) is 5.68. The molecule has 1 saturated heterocycles. The van der Waals surface area contributed by atoms with Crippen molar-refractivity contribution in [2.75, 3.05) is 13.7 Å². The number of hydrogen-bond donors (Lipinski definition) is 3. The number of halogens is 1. The third-order valence-electron chi connectivity index (χ3n) is 3.87. The minimum absolute atomic E-state index is 0.0829. The Labute approximate surface area is 149 Å². The molecule has 1 aliphatic heterocycles. The van der Waals surface area contributed by atoms with Crippen LogP contribution in [0.1, 0.15) is 31.2 Å². The largest absolute Gasteiger partial charge is 0.496 e. The molecular weight excluding hydrogens is 345 g/mol. The molecule has 1 aromatic rings. The molecule has 2 rings (SSSR count). The Hall–Kier alpha value is -2.94. The van der Waals surface area contributed by atoms with Crippen LogP contribution < -0.4 is 15.5 Å². The normalized spacial score (nSPS) is 15.3. The number of hydrogen-bond acceptors (Lipinski definition) is 5. The van der Waals surface area contributed by atoms with Gasteiger partial charge in [0.2, 0.25) is 5.91 Å². The molecule has 4 amide bonds. The second-order valence-electron chi connectivity index (χ2n) is 5.68. The summed E-state index contributed by atoms with van der Waals surface area (Å²) >= 11 is 0. The number of ether oxygens (including phenoxy) is 1. The maximum Gasteiger partial charge on any atom is 0.329 e. The lowest BCUT2D eigenvalue weighted by atomic mass is 10.1. The standard InChI is InChI=1S/C17H20FN3O5/c1-26-14-10-12(18)7-6-11(14)9-13-16(23)21(17(24)19-13)8-4-2-3-5-15(22)20-25/h6-7,9-10,25H,2-5,8H2,1H3,(H,19,24)(H,20,22). The molecule has 1 fully saturated rings. The van der Waals surface area contributed by atoms with Gasteiger partial charge in [0.05, 0.1) is 7.11 Å². The fourth-order valence-corrected chi connectivity index (χ4v) is 2.52. The van der Waals surface area contributed by atoms with Crippen molar-refractivity contribution >= 4 is 23.9 Å². The predicted molar refractivity (Wildman–Crippen MR) is 89.6 cm³/mol. The molecule has 0 aromatic heterocycles. The first kappa shape index (κ1) is 19.4. The summed E-state index contributed by atoms with van der Waals surface area (Å²) in [6, 6.07) is 3.34. The molecule has 0 radical (unpaired) electrons. The molecule has 3 N–H and O–H groups in total. The van der Waals surface area contributed by atoms with Gasteiger partial charge in [-0.05, 0) is 31.1 Å². The highest BCUT2D eigenvalue weighted by Crippen LogP contribution is 2.23. The average Bonchev–Trinajstić information content (AvgIpc) is 2.89. The lowest BCUT2D eigenvalue weighted by Gasteiger charge is -2.11. The molecule has 0 bridgehead atoms. The first-order valence-electron chi connectivity index (χ1n) is 8.07. The summed E-state index contributed by atoms with van der Waals surface area (Å²) in [4.78, 5) is 36.3. The SMILES string of the molecule is COc1cc(F)ccc1C=C1NC(=O)N(CCCCCC(=O)NO)C1=O. The highest BCUT2D eigenvalue weighted by molar-refractivity contribution is 6.14. The molecule has 0 aliphatic carbocycles. The number of carbonyl (C=O) groups excluding carboxylic acids is 3. The maximum absolute atomic E-state index is 13.2. The number of nitrogens with zero attached hydrogens (tertiary/aromatic N) is 1. The number of benzene rings is 1. The molecule has 1 heterocycles. The molecule has 1 aromatic carbocycles. The second kappa shape index (κ2) is 8.95. The molecule has 0 unspecified atom stereocenters. The van der Waals surface area contributed by atoms with Gasteiger partial charge >= 0.3 is 6.03 Å². The van der Waals surface area contributed by atoms with Gasteiger partial charge < -0.3 is 10.1 Å². The van der Waals surface area contributed by atoms with Crippen molar-refractivity contribution in [2.45, 2.75) is 25.7 Å². The van der Waals surface area contributed by atoms with Gasteiger partial charge in [0.15, 0.2) is 0 Å². The van der Waals surface area contributed by atoms with Gasteiger partial charge in [-0.25, -0.2) is 14.7 Å². The van der Waals surface area contributed by atoms with Gasteiger partial charge in [0, 0.05) is 24.6 Å². The van der Waals surface area contributed by atoms with Crippen LogP contribution in [0.15, 0.2) is 23.9 Å². The third-order valence-corrected chi connectivity index (χ3v) is 3.87. The Bertz CT molecular complexity index is 735. The van der Waals surface area contributed by atoms with Crippen LogP contribution in [0.4, 0.5) is 9.18 Å². The summed E-state index contributed by atoms with van der Waals surface area (Å²) in [5.41, 5.74) is 2.09. The fourth-order valence-electron chi connectivity index (χ4n) is 2.52. The monoisotopic (exact) mass is 365 g/mol. The van der Waals surface area contributed by atoms with Crippen LogP contribution in [0.3, 0.4) is 0 Å². The van der Waals surface area contributed by atoms with Crippen LogP contribution in [0.25, 0.3) is 6.08 Å². The predicted octanol–water partition coefficient (Wildman–Crippen LogP) is 1.79. The molecule has 140 valence electrons. The zero-order valence-corrected chi connectivity index (χ0v) is 14.3. The first-order chi connectivity index (χ1) is 12.5. The summed E-state index contributed by atoms with van der Waals surface area (Å²) in [6.07, 6.45) is 3.29. The number of methoxy groups -OCH3 is 1. The van der Waals surface area contributed by atoms with Crippen LogP contribution >= 0.6 is 0 Å². The van der Waals surface area contributed by atoms with E-state index in [0.717, 1.165) is 4.90 Å². The average molecular weight is 365 g/mol. The van der Waals surface area contributed by atoms with Gasteiger partial charge in [-0.2, -0.15) is 0 Å². The van der Waals surface area contributed by atoms with Crippen molar-refractivity contribution in [1.29, 1.82) is 0 Å². The Morgan fingerprint density at radius 2 is 2.12 bits per heavy atom. The highest BCUT2D eigenvalue weighted by Gasteiger charge is 2.33. The van der Waals surface area contributed by atoms with Gasteiger partial charge in [0.1, 0.15) is 17.3 Å². The van der Waals surface area contributed by atoms with E-state index in [1.807, 2.05) is 0 Å². The van der Waals surface area contributed by atoms with E-state index in [0.29, 0.717) is 24.8 Å². The summed E-state index contributed by atoms with van der Waals surface area (Å²) in [5.74, 6) is -1.17. The maximum atomic E-state index is 13.2. The van der Waals surface area contributed by atoms with Crippen molar-refractivity contribution in [3.63, 3.8) is 0 Å². The van der Waals surface area contributed by atoms with E-state index in [4.69, 9.17) is 9.94 Å². The molecule has 9 heteroatoms. The van der Waals surface area contributed by atoms with Crippen molar-refractivity contribution in [3.8, 4) is 5.75 Å². The van der Waals surface area contributed by atoms with Gasteiger partial charge in [-0.1, -0.05) is 6.42 Å². The summed E-state index contributed by atoms with van der Waals surface area (Å²) in [6.45, 7) is 0.212. The molecule has 0 spiro atoms. The number of imide groups is 1. The minimum Gasteiger partial charge on any atom is -0.496 e. The number of nitrogens with one attached hydrogen (secondary N) is 2. The number of carbonyl (C=O) groups is 3. The Balaban J connectivity index is 1.97. The number of urea groups is 1. The Morgan fingerprint density at radius 3 is 2.81 bits per heavy atom. The summed E-state index contributed by atoms with van der Waals surface area (Å²) in [5, 5.41) is 10.9. The summed E-state index contributed by atoms with van der Waals surface area (Å²) < 4.78 is 18.3. The minimum atomic E-state index is -0.532. The third kappa shape index (κ3) is 4.79. The van der Waals surface area contributed by atoms with Crippen LogP contribution in [0, 0.1) is 5.82 Å². The van der Waals surface area contributed by atoms with E-state index in [2.05, 4.69) is 5.32 Å². The van der Waals surface area contributed by atoms with E-state index in [1.165, 1.54) is 31.4 Å². The van der Waals surface area contributed by atoms with E-state index in [1.54, 1.807) is 5.48 Å². The van der Waals surface area contributed by atoms with E-state index >= 15 is 0 Å². The van der Waals surface area contributed by atoms with Crippen molar-refractivity contribution in [1.82, 2.24) is 15.7 Å².